The first-order valence-electron chi connectivity index (χ1n) is 6.77. The lowest BCUT2D eigenvalue weighted by molar-refractivity contribution is 0.136. The van der Waals surface area contributed by atoms with Gasteiger partial charge >= 0.3 is 0 Å². The fraction of sp³-hybridized carbons (Fsp3) is 0.294. The second kappa shape index (κ2) is 7.07. The summed E-state index contributed by atoms with van der Waals surface area (Å²) >= 11 is 0. The highest BCUT2D eigenvalue weighted by Crippen LogP contribution is 2.15. The van der Waals surface area contributed by atoms with E-state index in [0.717, 1.165) is 18.5 Å². The van der Waals surface area contributed by atoms with Crippen LogP contribution in [0, 0.1) is 0 Å². The van der Waals surface area contributed by atoms with Gasteiger partial charge in [0, 0.05) is 6.04 Å². The van der Waals surface area contributed by atoms with Crippen LogP contribution in [0.2, 0.25) is 0 Å². The molecule has 2 aromatic rings. The van der Waals surface area contributed by atoms with Crippen molar-refractivity contribution in [3.8, 4) is 0 Å². The third kappa shape index (κ3) is 4.19. The van der Waals surface area contributed by atoms with E-state index in [1.807, 2.05) is 43.3 Å². The van der Waals surface area contributed by atoms with E-state index in [4.69, 9.17) is 0 Å². The van der Waals surface area contributed by atoms with E-state index in [1.165, 1.54) is 5.56 Å². The number of rotatable bonds is 6. The molecule has 0 aliphatic rings. The molecule has 0 aromatic heterocycles. The second-order valence-electron chi connectivity index (χ2n) is 4.83. The predicted octanol–water partition coefficient (Wildman–Crippen LogP) is 2.94. The first kappa shape index (κ1) is 13.8. The molecule has 0 amide bonds. The zero-order valence-corrected chi connectivity index (χ0v) is 11.3. The maximum Gasteiger partial charge on any atom is 0.0940 e. The van der Waals surface area contributed by atoms with E-state index in [1.54, 1.807) is 0 Å². The molecule has 0 radical (unpaired) electrons. The summed E-state index contributed by atoms with van der Waals surface area (Å²) in [6.45, 7) is 2.89. The molecule has 2 atom stereocenters. The van der Waals surface area contributed by atoms with Crippen LogP contribution in [0.4, 0.5) is 0 Å². The minimum atomic E-state index is -0.461. The minimum Gasteiger partial charge on any atom is -0.387 e. The number of hydrogen-bond acceptors (Lipinski definition) is 2. The van der Waals surface area contributed by atoms with Crippen LogP contribution >= 0.6 is 0 Å². The third-order valence-electron chi connectivity index (χ3n) is 3.34. The van der Waals surface area contributed by atoms with Gasteiger partial charge in [0.25, 0.3) is 0 Å². The average Bonchev–Trinajstić information content (AvgIpc) is 2.48. The van der Waals surface area contributed by atoms with Gasteiger partial charge in [-0.15, -0.1) is 0 Å². The van der Waals surface area contributed by atoms with Gasteiger partial charge in [-0.2, -0.15) is 0 Å². The van der Waals surface area contributed by atoms with E-state index < -0.39 is 6.10 Å². The molecule has 19 heavy (non-hydrogen) atoms. The van der Waals surface area contributed by atoms with Crippen molar-refractivity contribution in [1.29, 1.82) is 0 Å². The zero-order valence-electron chi connectivity index (χ0n) is 11.3. The van der Waals surface area contributed by atoms with Crippen molar-refractivity contribution in [2.45, 2.75) is 25.5 Å². The maximum absolute atomic E-state index is 10.2. The molecule has 2 heteroatoms. The van der Waals surface area contributed by atoms with Crippen molar-refractivity contribution < 1.29 is 5.11 Å². The SMILES string of the molecule is C[C@H](NCCc1ccccc1)[C@H](O)c1ccccc1. The van der Waals surface area contributed by atoms with Crippen LogP contribution < -0.4 is 5.32 Å². The lowest BCUT2D eigenvalue weighted by atomic mass is 10.0. The Balaban J connectivity index is 1.80. The normalized spacial score (nSPS) is 14.0. The number of aliphatic hydroxyl groups excluding tert-OH is 1. The Hall–Kier alpha value is -1.64. The molecule has 0 bridgehead atoms. The van der Waals surface area contributed by atoms with Crippen LogP contribution in [0.1, 0.15) is 24.2 Å². The summed E-state index contributed by atoms with van der Waals surface area (Å²) in [5.41, 5.74) is 2.28. The van der Waals surface area contributed by atoms with Crippen molar-refractivity contribution in [3.63, 3.8) is 0 Å². The van der Waals surface area contributed by atoms with Crippen molar-refractivity contribution in [1.82, 2.24) is 5.32 Å². The largest absolute Gasteiger partial charge is 0.387 e. The van der Waals surface area contributed by atoms with Crippen LogP contribution in [0.25, 0.3) is 0 Å². The van der Waals surface area contributed by atoms with Gasteiger partial charge in [0.1, 0.15) is 0 Å². The highest BCUT2D eigenvalue weighted by Gasteiger charge is 2.14. The van der Waals surface area contributed by atoms with Gasteiger partial charge in [0.05, 0.1) is 6.10 Å². The Morgan fingerprint density at radius 1 is 0.947 bits per heavy atom. The number of nitrogens with one attached hydrogen (secondary N) is 1. The van der Waals surface area contributed by atoms with E-state index in [-0.39, 0.29) is 6.04 Å². The van der Waals surface area contributed by atoms with Crippen LogP contribution in [0.3, 0.4) is 0 Å². The summed E-state index contributed by atoms with van der Waals surface area (Å²) in [7, 11) is 0. The van der Waals surface area contributed by atoms with Gasteiger partial charge in [-0.1, -0.05) is 60.7 Å². The summed E-state index contributed by atoms with van der Waals surface area (Å²) in [4.78, 5) is 0. The molecular formula is C17H21NO. The van der Waals surface area contributed by atoms with Gasteiger partial charge in [0.2, 0.25) is 0 Å². The molecule has 0 saturated heterocycles. The summed E-state index contributed by atoms with van der Waals surface area (Å²) in [5, 5.41) is 13.6. The molecular weight excluding hydrogens is 234 g/mol. The smallest absolute Gasteiger partial charge is 0.0940 e. The summed E-state index contributed by atoms with van der Waals surface area (Å²) in [6, 6.07) is 20.2. The van der Waals surface area contributed by atoms with E-state index in [9.17, 15) is 5.11 Å². The molecule has 0 fully saturated rings. The summed E-state index contributed by atoms with van der Waals surface area (Å²) in [6.07, 6.45) is 0.518. The minimum absolute atomic E-state index is 0.0473. The quantitative estimate of drug-likeness (QED) is 0.832. The molecule has 0 heterocycles. The highest BCUT2D eigenvalue weighted by atomic mass is 16.3. The molecule has 2 rings (SSSR count). The molecule has 0 unspecified atom stereocenters. The summed E-state index contributed by atoms with van der Waals surface area (Å²) in [5.74, 6) is 0. The van der Waals surface area contributed by atoms with Crippen molar-refractivity contribution >= 4 is 0 Å². The van der Waals surface area contributed by atoms with Crippen molar-refractivity contribution in [3.05, 3.63) is 71.8 Å². The van der Waals surface area contributed by atoms with Crippen LogP contribution in [-0.2, 0) is 6.42 Å². The Morgan fingerprint density at radius 3 is 2.16 bits per heavy atom. The van der Waals surface area contributed by atoms with Gasteiger partial charge in [0.15, 0.2) is 0 Å². The van der Waals surface area contributed by atoms with E-state index in [0.29, 0.717) is 0 Å². The Labute approximate surface area is 115 Å². The number of hydrogen-bond donors (Lipinski definition) is 2. The van der Waals surface area contributed by atoms with Gasteiger partial charge < -0.3 is 10.4 Å². The molecule has 0 aliphatic heterocycles. The summed E-state index contributed by atoms with van der Waals surface area (Å²) < 4.78 is 0. The van der Waals surface area contributed by atoms with Gasteiger partial charge in [-0.3, -0.25) is 0 Å². The Morgan fingerprint density at radius 2 is 1.53 bits per heavy atom. The maximum atomic E-state index is 10.2. The monoisotopic (exact) mass is 255 g/mol. The molecule has 100 valence electrons. The molecule has 2 nitrogen and oxygen atoms in total. The molecule has 2 aromatic carbocycles. The van der Waals surface area contributed by atoms with Crippen LogP contribution in [0.15, 0.2) is 60.7 Å². The Bertz CT molecular complexity index is 469. The van der Waals surface area contributed by atoms with Crippen LogP contribution in [-0.4, -0.2) is 17.7 Å². The average molecular weight is 255 g/mol. The number of aliphatic hydroxyl groups is 1. The lowest BCUT2D eigenvalue weighted by Gasteiger charge is -2.20. The number of benzene rings is 2. The fourth-order valence-electron chi connectivity index (χ4n) is 2.14. The van der Waals surface area contributed by atoms with Gasteiger partial charge in [-0.25, -0.2) is 0 Å². The highest BCUT2D eigenvalue weighted by molar-refractivity contribution is 5.19. The van der Waals surface area contributed by atoms with Crippen molar-refractivity contribution in [2.75, 3.05) is 6.54 Å². The second-order valence-corrected chi connectivity index (χ2v) is 4.83. The molecule has 0 saturated carbocycles. The molecule has 0 spiro atoms. The Kier molecular flexibility index (Phi) is 5.13. The van der Waals surface area contributed by atoms with Gasteiger partial charge in [-0.05, 0) is 31.0 Å². The third-order valence-corrected chi connectivity index (χ3v) is 3.34. The van der Waals surface area contributed by atoms with E-state index >= 15 is 0 Å². The predicted molar refractivity (Wildman–Crippen MR) is 79.0 cm³/mol. The van der Waals surface area contributed by atoms with E-state index in [2.05, 4.69) is 29.6 Å². The first-order valence-corrected chi connectivity index (χ1v) is 6.77. The fourth-order valence-corrected chi connectivity index (χ4v) is 2.14. The molecule has 0 aliphatic carbocycles. The first-order chi connectivity index (χ1) is 9.27. The zero-order chi connectivity index (χ0) is 13.5. The van der Waals surface area contributed by atoms with Crippen LogP contribution in [0.5, 0.6) is 0 Å². The molecule has 2 N–H and O–H groups in total. The standard InChI is InChI=1S/C17H21NO/c1-14(17(19)16-10-6-3-7-11-16)18-13-12-15-8-4-2-5-9-15/h2-11,14,17-19H,12-13H2,1H3/t14-,17-/m0/s1. The lowest BCUT2D eigenvalue weighted by Crippen LogP contribution is -2.33. The van der Waals surface area contributed by atoms with Crippen molar-refractivity contribution in [2.24, 2.45) is 0 Å². The topological polar surface area (TPSA) is 32.3 Å².